The minimum Gasteiger partial charge on any atom is -0.466 e. The zero-order valence-corrected chi connectivity index (χ0v) is 7.78. The van der Waals surface area contributed by atoms with Crippen molar-refractivity contribution >= 4 is 5.97 Å². The first-order chi connectivity index (χ1) is 6.06. The quantitative estimate of drug-likeness (QED) is 0.565. The van der Waals surface area contributed by atoms with E-state index in [1.54, 1.807) is 6.92 Å². The van der Waals surface area contributed by atoms with Crippen molar-refractivity contribution in [1.82, 2.24) is 0 Å². The summed E-state index contributed by atoms with van der Waals surface area (Å²) < 4.78 is 4.54. The zero-order valence-electron chi connectivity index (χ0n) is 7.78. The van der Waals surface area contributed by atoms with E-state index in [2.05, 4.69) is 4.74 Å². The molecule has 1 aliphatic rings. The van der Waals surface area contributed by atoms with Gasteiger partial charge in [0.15, 0.2) is 0 Å². The summed E-state index contributed by atoms with van der Waals surface area (Å²) in [6, 6.07) is 0. The summed E-state index contributed by atoms with van der Waals surface area (Å²) in [5.41, 5.74) is 1.01. The number of esters is 1. The molecule has 0 unspecified atom stereocenters. The normalized spacial score (nSPS) is 28.9. The van der Waals surface area contributed by atoms with Gasteiger partial charge in [-0.3, -0.25) is 0 Å². The molecule has 0 saturated heterocycles. The van der Waals surface area contributed by atoms with Gasteiger partial charge in [-0.05, 0) is 12.5 Å². The Bertz CT molecular complexity index is 244. The summed E-state index contributed by atoms with van der Waals surface area (Å²) in [5.74, 6) is -0.463. The Morgan fingerprint density at radius 1 is 1.54 bits per heavy atom. The number of aliphatic hydroxyl groups is 2. The number of hydrogen-bond donors (Lipinski definition) is 2. The van der Waals surface area contributed by atoms with Gasteiger partial charge in [0.05, 0.1) is 19.3 Å². The van der Waals surface area contributed by atoms with Crippen LogP contribution in [-0.2, 0) is 9.53 Å². The van der Waals surface area contributed by atoms with Crippen molar-refractivity contribution in [2.45, 2.75) is 32.0 Å². The van der Waals surface area contributed by atoms with Crippen molar-refractivity contribution in [2.75, 3.05) is 7.11 Å². The Hall–Kier alpha value is -0.870. The fraction of sp³-hybridized carbons (Fsp3) is 0.667. The topological polar surface area (TPSA) is 66.8 Å². The van der Waals surface area contributed by atoms with E-state index in [1.165, 1.54) is 7.11 Å². The average molecular weight is 186 g/mol. The molecule has 0 fully saturated rings. The third kappa shape index (κ3) is 2.08. The maximum atomic E-state index is 11.2. The van der Waals surface area contributed by atoms with Crippen molar-refractivity contribution < 1.29 is 19.7 Å². The highest BCUT2D eigenvalue weighted by atomic mass is 16.5. The molecule has 2 atom stereocenters. The van der Waals surface area contributed by atoms with E-state index in [9.17, 15) is 15.0 Å². The summed E-state index contributed by atoms with van der Waals surface area (Å²) in [6.07, 6.45) is -0.798. The van der Waals surface area contributed by atoms with Gasteiger partial charge in [0.25, 0.3) is 0 Å². The van der Waals surface area contributed by atoms with Gasteiger partial charge in [0, 0.05) is 18.4 Å². The lowest BCUT2D eigenvalue weighted by atomic mass is 9.88. The Kier molecular flexibility index (Phi) is 3.06. The van der Waals surface area contributed by atoms with Crippen molar-refractivity contribution in [3.63, 3.8) is 0 Å². The van der Waals surface area contributed by atoms with Gasteiger partial charge in [0.2, 0.25) is 0 Å². The SMILES string of the molecule is COC(=O)C1=C(C)[C@@H](O)C[C@H](O)C1. The second kappa shape index (κ2) is 3.89. The van der Waals surface area contributed by atoms with Gasteiger partial charge < -0.3 is 14.9 Å². The van der Waals surface area contributed by atoms with Gasteiger partial charge in [-0.1, -0.05) is 0 Å². The van der Waals surface area contributed by atoms with E-state index < -0.39 is 18.2 Å². The van der Waals surface area contributed by atoms with Crippen LogP contribution in [0.3, 0.4) is 0 Å². The Morgan fingerprint density at radius 2 is 2.15 bits per heavy atom. The largest absolute Gasteiger partial charge is 0.466 e. The Balaban J connectivity index is 2.90. The highest BCUT2D eigenvalue weighted by molar-refractivity contribution is 5.89. The predicted molar refractivity (Wildman–Crippen MR) is 46.0 cm³/mol. The first-order valence-electron chi connectivity index (χ1n) is 4.20. The summed E-state index contributed by atoms with van der Waals surface area (Å²) >= 11 is 0. The van der Waals surface area contributed by atoms with Crippen molar-refractivity contribution in [2.24, 2.45) is 0 Å². The number of carbonyl (C=O) groups excluding carboxylic acids is 1. The molecule has 0 aromatic rings. The minimum absolute atomic E-state index is 0.273. The summed E-state index contributed by atoms with van der Waals surface area (Å²) in [7, 11) is 1.29. The summed E-state index contributed by atoms with van der Waals surface area (Å²) in [4.78, 5) is 11.2. The molecule has 4 nitrogen and oxygen atoms in total. The monoisotopic (exact) mass is 186 g/mol. The molecule has 1 rings (SSSR count). The lowest BCUT2D eigenvalue weighted by Crippen LogP contribution is -2.28. The fourth-order valence-electron chi connectivity index (χ4n) is 1.48. The first-order valence-corrected chi connectivity index (χ1v) is 4.20. The van der Waals surface area contributed by atoms with E-state index >= 15 is 0 Å². The second-order valence-corrected chi connectivity index (χ2v) is 3.26. The number of ether oxygens (including phenoxy) is 1. The van der Waals surface area contributed by atoms with Crippen LogP contribution in [0.5, 0.6) is 0 Å². The maximum Gasteiger partial charge on any atom is 0.333 e. The molecule has 0 bridgehead atoms. The molecule has 0 heterocycles. The molecule has 74 valence electrons. The number of carbonyl (C=O) groups is 1. The smallest absolute Gasteiger partial charge is 0.333 e. The van der Waals surface area contributed by atoms with Gasteiger partial charge in [-0.15, -0.1) is 0 Å². The lowest BCUT2D eigenvalue weighted by Gasteiger charge is -2.25. The third-order valence-electron chi connectivity index (χ3n) is 2.34. The average Bonchev–Trinajstić information content (AvgIpc) is 2.10. The number of hydrogen-bond acceptors (Lipinski definition) is 4. The van der Waals surface area contributed by atoms with E-state index in [-0.39, 0.29) is 6.42 Å². The molecule has 0 spiro atoms. The van der Waals surface area contributed by atoms with Gasteiger partial charge in [0.1, 0.15) is 0 Å². The van der Waals surface area contributed by atoms with E-state index in [4.69, 9.17) is 0 Å². The van der Waals surface area contributed by atoms with Crippen LogP contribution in [0.2, 0.25) is 0 Å². The highest BCUT2D eigenvalue weighted by Gasteiger charge is 2.28. The molecule has 0 amide bonds. The minimum atomic E-state index is -0.724. The number of methoxy groups -OCH3 is 1. The van der Waals surface area contributed by atoms with Crippen LogP contribution in [0.1, 0.15) is 19.8 Å². The van der Waals surface area contributed by atoms with Crippen LogP contribution >= 0.6 is 0 Å². The molecular formula is C9H14O4. The Morgan fingerprint density at radius 3 is 2.69 bits per heavy atom. The molecule has 0 aromatic carbocycles. The molecule has 4 heteroatoms. The van der Waals surface area contributed by atoms with E-state index in [1.807, 2.05) is 0 Å². The first kappa shape index (κ1) is 10.2. The Labute approximate surface area is 76.8 Å². The lowest BCUT2D eigenvalue weighted by molar-refractivity contribution is -0.137. The van der Waals surface area contributed by atoms with Crippen LogP contribution < -0.4 is 0 Å². The van der Waals surface area contributed by atoms with Gasteiger partial charge >= 0.3 is 5.97 Å². The molecule has 1 aliphatic carbocycles. The van der Waals surface area contributed by atoms with Crippen LogP contribution in [-0.4, -0.2) is 35.5 Å². The number of aliphatic hydroxyl groups excluding tert-OH is 2. The maximum absolute atomic E-state index is 11.2. The van der Waals surface area contributed by atoms with Crippen LogP contribution in [0.25, 0.3) is 0 Å². The number of rotatable bonds is 1. The van der Waals surface area contributed by atoms with Crippen molar-refractivity contribution in [3.8, 4) is 0 Å². The second-order valence-electron chi connectivity index (χ2n) is 3.26. The zero-order chi connectivity index (χ0) is 10.0. The van der Waals surface area contributed by atoms with Crippen LogP contribution in [0, 0.1) is 0 Å². The van der Waals surface area contributed by atoms with E-state index in [0.29, 0.717) is 17.6 Å². The summed E-state index contributed by atoms with van der Waals surface area (Å²) in [6.45, 7) is 1.68. The molecular weight excluding hydrogens is 172 g/mol. The van der Waals surface area contributed by atoms with Crippen LogP contribution in [0.4, 0.5) is 0 Å². The molecule has 0 aromatic heterocycles. The van der Waals surface area contributed by atoms with Gasteiger partial charge in [-0.25, -0.2) is 4.79 Å². The fourth-order valence-corrected chi connectivity index (χ4v) is 1.48. The van der Waals surface area contributed by atoms with E-state index in [0.717, 1.165) is 0 Å². The molecule has 0 radical (unpaired) electrons. The highest BCUT2D eigenvalue weighted by Crippen LogP contribution is 2.25. The molecule has 13 heavy (non-hydrogen) atoms. The molecule has 0 aliphatic heterocycles. The van der Waals surface area contributed by atoms with Crippen molar-refractivity contribution in [1.29, 1.82) is 0 Å². The third-order valence-corrected chi connectivity index (χ3v) is 2.34. The molecule has 0 saturated carbocycles. The van der Waals surface area contributed by atoms with Gasteiger partial charge in [-0.2, -0.15) is 0 Å². The summed E-state index contributed by atoms with van der Waals surface area (Å²) in [5, 5.41) is 18.7. The predicted octanol–water partition coefficient (Wildman–Crippen LogP) is -0.00850. The molecule has 2 N–H and O–H groups in total. The van der Waals surface area contributed by atoms with Crippen molar-refractivity contribution in [3.05, 3.63) is 11.1 Å². The van der Waals surface area contributed by atoms with Crippen LogP contribution in [0.15, 0.2) is 11.1 Å². The standard InChI is InChI=1S/C9H14O4/c1-5-7(9(12)13-2)3-6(10)4-8(5)11/h6,8,10-11H,3-4H2,1-2H3/t6-,8+/m1/s1.